The van der Waals surface area contributed by atoms with Gasteiger partial charge in [-0.2, -0.15) is 0 Å². The van der Waals surface area contributed by atoms with Crippen LogP contribution in [0.4, 0.5) is 10.5 Å². The van der Waals surface area contributed by atoms with Crippen LogP contribution in [0.25, 0.3) is 0 Å². The number of carboxylic acid groups (broad SMARTS) is 1. The molecule has 5 heteroatoms. The molecule has 0 aliphatic rings. The molecule has 0 aliphatic carbocycles. The van der Waals surface area contributed by atoms with E-state index < -0.39 is 5.97 Å². The minimum Gasteiger partial charge on any atom is -0.481 e. The lowest BCUT2D eigenvalue weighted by Gasteiger charge is -2.20. The first-order valence-electron chi connectivity index (χ1n) is 7.30. The number of hydrogen-bond acceptors (Lipinski definition) is 2. The van der Waals surface area contributed by atoms with Gasteiger partial charge in [0.25, 0.3) is 0 Å². The molecule has 1 aromatic rings. The Labute approximate surface area is 125 Å². The highest BCUT2D eigenvalue weighted by atomic mass is 16.4. The first kappa shape index (κ1) is 17.0. The van der Waals surface area contributed by atoms with E-state index in [-0.39, 0.29) is 18.5 Å². The SMILES string of the molecule is CCC(C)C(C)NC(=O)Nc1ccc(CCC(=O)O)cc1. The van der Waals surface area contributed by atoms with Crippen molar-refractivity contribution in [2.45, 2.75) is 46.1 Å². The maximum absolute atomic E-state index is 11.8. The second kappa shape index (κ2) is 8.29. The van der Waals surface area contributed by atoms with Crippen molar-refractivity contribution < 1.29 is 14.7 Å². The maximum atomic E-state index is 11.8. The summed E-state index contributed by atoms with van der Waals surface area (Å²) >= 11 is 0. The third-order valence-electron chi connectivity index (χ3n) is 3.70. The predicted octanol–water partition coefficient (Wildman–Crippen LogP) is 3.26. The van der Waals surface area contributed by atoms with Gasteiger partial charge in [0.05, 0.1) is 0 Å². The van der Waals surface area contributed by atoms with Crippen LogP contribution in [0, 0.1) is 5.92 Å². The Hall–Kier alpha value is -2.04. The lowest BCUT2D eigenvalue weighted by molar-refractivity contribution is -0.136. The van der Waals surface area contributed by atoms with Crippen LogP contribution in [0.5, 0.6) is 0 Å². The summed E-state index contributed by atoms with van der Waals surface area (Å²) in [5.41, 5.74) is 1.64. The molecule has 0 saturated heterocycles. The Morgan fingerprint density at radius 3 is 2.33 bits per heavy atom. The molecule has 0 aromatic heterocycles. The number of hydrogen-bond donors (Lipinski definition) is 3. The van der Waals surface area contributed by atoms with Crippen LogP contribution in [0.1, 0.15) is 39.2 Å². The number of amides is 2. The Morgan fingerprint density at radius 2 is 1.81 bits per heavy atom. The van der Waals surface area contributed by atoms with Crippen molar-refractivity contribution in [3.8, 4) is 0 Å². The third kappa shape index (κ3) is 6.29. The van der Waals surface area contributed by atoms with Gasteiger partial charge in [-0.25, -0.2) is 4.79 Å². The van der Waals surface area contributed by atoms with Gasteiger partial charge in [-0.3, -0.25) is 4.79 Å². The van der Waals surface area contributed by atoms with Crippen molar-refractivity contribution in [2.24, 2.45) is 5.92 Å². The van der Waals surface area contributed by atoms with Crippen LogP contribution in [0.2, 0.25) is 0 Å². The van der Waals surface area contributed by atoms with E-state index >= 15 is 0 Å². The van der Waals surface area contributed by atoms with E-state index in [9.17, 15) is 9.59 Å². The van der Waals surface area contributed by atoms with Crippen molar-refractivity contribution >= 4 is 17.7 Å². The molecule has 116 valence electrons. The number of nitrogens with one attached hydrogen (secondary N) is 2. The van der Waals surface area contributed by atoms with E-state index in [4.69, 9.17) is 5.11 Å². The van der Waals surface area contributed by atoms with Gasteiger partial charge < -0.3 is 15.7 Å². The summed E-state index contributed by atoms with van der Waals surface area (Å²) in [5, 5.41) is 14.3. The summed E-state index contributed by atoms with van der Waals surface area (Å²) in [6, 6.07) is 7.12. The second-order valence-corrected chi connectivity index (χ2v) is 5.36. The monoisotopic (exact) mass is 292 g/mol. The molecular weight excluding hydrogens is 268 g/mol. The average molecular weight is 292 g/mol. The van der Waals surface area contributed by atoms with Gasteiger partial charge in [-0.15, -0.1) is 0 Å². The molecule has 1 rings (SSSR count). The largest absolute Gasteiger partial charge is 0.481 e. The molecule has 2 atom stereocenters. The van der Waals surface area contributed by atoms with Crippen LogP contribution >= 0.6 is 0 Å². The molecule has 21 heavy (non-hydrogen) atoms. The molecule has 3 N–H and O–H groups in total. The Morgan fingerprint density at radius 1 is 1.19 bits per heavy atom. The molecule has 0 spiro atoms. The number of carbonyl (C=O) groups is 2. The number of aryl methyl sites for hydroxylation is 1. The number of benzene rings is 1. The molecule has 1 aromatic carbocycles. The zero-order valence-corrected chi connectivity index (χ0v) is 12.8. The Balaban J connectivity index is 2.47. The predicted molar refractivity (Wildman–Crippen MR) is 83.5 cm³/mol. The van der Waals surface area contributed by atoms with Gasteiger partial charge in [-0.05, 0) is 37.0 Å². The highest BCUT2D eigenvalue weighted by molar-refractivity contribution is 5.89. The molecular formula is C16H24N2O3. The second-order valence-electron chi connectivity index (χ2n) is 5.36. The van der Waals surface area contributed by atoms with E-state index in [1.165, 1.54) is 0 Å². The molecule has 0 fully saturated rings. The molecule has 5 nitrogen and oxygen atoms in total. The fraction of sp³-hybridized carbons (Fsp3) is 0.500. The van der Waals surface area contributed by atoms with Crippen molar-refractivity contribution in [2.75, 3.05) is 5.32 Å². The molecule has 0 radical (unpaired) electrons. The quantitative estimate of drug-likeness (QED) is 0.721. The zero-order chi connectivity index (χ0) is 15.8. The topological polar surface area (TPSA) is 78.4 Å². The van der Waals surface area contributed by atoms with Gasteiger partial charge in [-0.1, -0.05) is 32.4 Å². The smallest absolute Gasteiger partial charge is 0.319 e. The fourth-order valence-corrected chi connectivity index (χ4v) is 1.88. The number of urea groups is 1. The van der Waals surface area contributed by atoms with Crippen LogP contribution < -0.4 is 10.6 Å². The maximum Gasteiger partial charge on any atom is 0.319 e. The molecule has 0 bridgehead atoms. The van der Waals surface area contributed by atoms with E-state index in [0.29, 0.717) is 18.0 Å². The van der Waals surface area contributed by atoms with Crippen LogP contribution in [0.3, 0.4) is 0 Å². The molecule has 0 saturated carbocycles. The van der Waals surface area contributed by atoms with Crippen LogP contribution in [-0.4, -0.2) is 23.1 Å². The third-order valence-corrected chi connectivity index (χ3v) is 3.70. The number of carbonyl (C=O) groups excluding carboxylic acids is 1. The van der Waals surface area contributed by atoms with E-state index in [2.05, 4.69) is 24.5 Å². The van der Waals surface area contributed by atoms with Gasteiger partial charge in [0.1, 0.15) is 0 Å². The summed E-state index contributed by atoms with van der Waals surface area (Å²) < 4.78 is 0. The average Bonchev–Trinajstić information content (AvgIpc) is 2.45. The zero-order valence-electron chi connectivity index (χ0n) is 12.8. The van der Waals surface area contributed by atoms with Gasteiger partial charge in [0.15, 0.2) is 0 Å². The molecule has 2 amide bonds. The normalized spacial score (nSPS) is 13.3. The van der Waals surface area contributed by atoms with Crippen molar-refractivity contribution in [3.05, 3.63) is 29.8 Å². The standard InChI is InChI=1S/C16H24N2O3/c1-4-11(2)12(3)17-16(21)18-14-8-5-13(6-9-14)7-10-15(19)20/h5-6,8-9,11-12H,4,7,10H2,1-3H3,(H,19,20)(H2,17,18,21). The van der Waals surface area contributed by atoms with Crippen LogP contribution in [0.15, 0.2) is 24.3 Å². The summed E-state index contributed by atoms with van der Waals surface area (Å²) in [6.45, 7) is 6.18. The summed E-state index contributed by atoms with van der Waals surface area (Å²) in [6.07, 6.45) is 1.62. The Bertz CT molecular complexity index is 471. The summed E-state index contributed by atoms with van der Waals surface area (Å²) in [4.78, 5) is 22.3. The van der Waals surface area contributed by atoms with Gasteiger partial charge in [0.2, 0.25) is 0 Å². The number of carboxylic acids is 1. The molecule has 0 heterocycles. The molecule has 2 unspecified atom stereocenters. The van der Waals surface area contributed by atoms with Gasteiger partial charge >= 0.3 is 12.0 Å². The summed E-state index contributed by atoms with van der Waals surface area (Å²) in [7, 11) is 0. The molecule has 0 aliphatic heterocycles. The van der Waals surface area contributed by atoms with E-state index in [1.54, 1.807) is 12.1 Å². The fourth-order valence-electron chi connectivity index (χ4n) is 1.88. The number of anilines is 1. The summed E-state index contributed by atoms with van der Waals surface area (Å²) in [5.74, 6) is -0.384. The Kier molecular flexibility index (Phi) is 6.72. The van der Waals surface area contributed by atoms with Crippen molar-refractivity contribution in [3.63, 3.8) is 0 Å². The number of rotatable bonds is 7. The highest BCUT2D eigenvalue weighted by Crippen LogP contribution is 2.12. The van der Waals surface area contributed by atoms with E-state index in [0.717, 1.165) is 12.0 Å². The highest BCUT2D eigenvalue weighted by Gasteiger charge is 2.12. The minimum atomic E-state index is -0.810. The lowest BCUT2D eigenvalue weighted by atomic mass is 10.0. The van der Waals surface area contributed by atoms with Gasteiger partial charge in [0, 0.05) is 18.2 Å². The minimum absolute atomic E-state index is 0.111. The van der Waals surface area contributed by atoms with E-state index in [1.807, 2.05) is 19.1 Å². The first-order chi connectivity index (χ1) is 9.92. The van der Waals surface area contributed by atoms with Crippen molar-refractivity contribution in [1.29, 1.82) is 0 Å². The first-order valence-corrected chi connectivity index (χ1v) is 7.30. The lowest BCUT2D eigenvalue weighted by Crippen LogP contribution is -2.39. The number of aliphatic carboxylic acids is 1. The van der Waals surface area contributed by atoms with Crippen LogP contribution in [-0.2, 0) is 11.2 Å². The van der Waals surface area contributed by atoms with Crippen molar-refractivity contribution in [1.82, 2.24) is 5.32 Å².